The van der Waals surface area contributed by atoms with Crippen LogP contribution in [0.4, 0.5) is 0 Å². The van der Waals surface area contributed by atoms with Crippen LogP contribution in [0.2, 0.25) is 0 Å². The number of hydrogen-bond donors (Lipinski definition) is 1. The number of halogens is 1. The van der Waals surface area contributed by atoms with Crippen LogP contribution < -0.4 is 5.73 Å². The topological polar surface area (TPSA) is 59.5 Å². The third kappa shape index (κ3) is 2.69. The molecule has 1 fully saturated rings. The molecule has 1 aliphatic rings. The molecular weight excluding hydrogens is 304 g/mol. The lowest BCUT2D eigenvalue weighted by Crippen LogP contribution is -2.49. The van der Waals surface area contributed by atoms with E-state index in [9.17, 15) is 4.79 Å². The molecule has 92 valence electrons. The molecule has 0 saturated carbocycles. The molecule has 4 nitrogen and oxygen atoms in total. The number of nitrogens with two attached hydrogens (primary N) is 1. The van der Waals surface area contributed by atoms with Crippen molar-refractivity contribution in [2.45, 2.75) is 25.3 Å². The molecule has 0 spiro atoms. The molecule has 1 aliphatic heterocycles. The third-order valence-electron chi connectivity index (χ3n) is 2.88. The van der Waals surface area contributed by atoms with Gasteiger partial charge in [-0.05, 0) is 47.3 Å². The summed E-state index contributed by atoms with van der Waals surface area (Å²) in [4.78, 5) is 14.3. The van der Waals surface area contributed by atoms with Crippen molar-refractivity contribution in [2.24, 2.45) is 5.73 Å². The Kier molecular flexibility index (Phi) is 3.83. The SMILES string of the molecule is NC(=S)C1CCCCN1C(=O)c1ccc(Br)o1. The molecule has 17 heavy (non-hydrogen) atoms. The minimum Gasteiger partial charge on any atom is -0.444 e. The van der Waals surface area contributed by atoms with Crippen LogP contribution in [0, 0.1) is 0 Å². The largest absolute Gasteiger partial charge is 0.444 e. The molecule has 2 heterocycles. The molecule has 0 radical (unpaired) electrons. The molecule has 1 amide bonds. The van der Waals surface area contributed by atoms with E-state index in [1.54, 1.807) is 17.0 Å². The Morgan fingerprint density at radius 2 is 2.29 bits per heavy atom. The fourth-order valence-electron chi connectivity index (χ4n) is 2.04. The van der Waals surface area contributed by atoms with Gasteiger partial charge in [-0.3, -0.25) is 4.79 Å². The van der Waals surface area contributed by atoms with E-state index < -0.39 is 0 Å². The molecule has 0 aliphatic carbocycles. The number of hydrogen-bond acceptors (Lipinski definition) is 3. The Balaban J connectivity index is 2.19. The van der Waals surface area contributed by atoms with Gasteiger partial charge in [-0.15, -0.1) is 0 Å². The van der Waals surface area contributed by atoms with Gasteiger partial charge in [0.15, 0.2) is 10.4 Å². The minimum absolute atomic E-state index is 0.143. The number of piperidine rings is 1. The first-order valence-electron chi connectivity index (χ1n) is 5.45. The Labute approximate surface area is 113 Å². The van der Waals surface area contributed by atoms with E-state index in [0.717, 1.165) is 19.3 Å². The number of amides is 1. The van der Waals surface area contributed by atoms with Gasteiger partial charge in [-0.1, -0.05) is 12.2 Å². The Morgan fingerprint density at radius 3 is 2.88 bits per heavy atom. The van der Waals surface area contributed by atoms with Gasteiger partial charge in [-0.25, -0.2) is 0 Å². The minimum atomic E-state index is -0.145. The lowest BCUT2D eigenvalue weighted by Gasteiger charge is -2.34. The molecule has 1 unspecified atom stereocenters. The molecule has 1 atom stereocenters. The number of thiocarbonyl (C=S) groups is 1. The standard InChI is InChI=1S/C11H13BrN2O2S/c12-9-5-4-8(16-9)11(15)14-6-2-1-3-7(14)10(13)17/h4-5,7H,1-3,6H2,(H2,13,17). The summed E-state index contributed by atoms with van der Waals surface area (Å²) in [5.74, 6) is 0.174. The van der Waals surface area contributed by atoms with Gasteiger partial charge in [0, 0.05) is 6.54 Å². The maximum absolute atomic E-state index is 12.2. The number of furan rings is 1. The summed E-state index contributed by atoms with van der Waals surface area (Å²) in [6, 6.07) is 3.21. The average molecular weight is 317 g/mol. The van der Waals surface area contributed by atoms with Crippen LogP contribution in [0.5, 0.6) is 0 Å². The van der Waals surface area contributed by atoms with Crippen molar-refractivity contribution >= 4 is 39.0 Å². The molecule has 0 aromatic carbocycles. The molecule has 0 bridgehead atoms. The first kappa shape index (κ1) is 12.6. The summed E-state index contributed by atoms with van der Waals surface area (Å²) in [5, 5.41) is 0. The molecule has 1 saturated heterocycles. The maximum Gasteiger partial charge on any atom is 0.290 e. The van der Waals surface area contributed by atoms with Crippen LogP contribution in [0.15, 0.2) is 21.2 Å². The van der Waals surface area contributed by atoms with E-state index in [1.165, 1.54) is 0 Å². The van der Waals surface area contributed by atoms with Crippen molar-refractivity contribution < 1.29 is 9.21 Å². The van der Waals surface area contributed by atoms with Gasteiger partial charge < -0.3 is 15.1 Å². The predicted molar refractivity (Wildman–Crippen MR) is 71.9 cm³/mol. The smallest absolute Gasteiger partial charge is 0.290 e. The second kappa shape index (κ2) is 5.18. The van der Waals surface area contributed by atoms with Gasteiger partial charge >= 0.3 is 0 Å². The van der Waals surface area contributed by atoms with Crippen LogP contribution in [-0.2, 0) is 0 Å². The number of carbonyl (C=O) groups excluding carboxylic acids is 1. The van der Waals surface area contributed by atoms with Crippen molar-refractivity contribution in [3.63, 3.8) is 0 Å². The summed E-state index contributed by atoms with van der Waals surface area (Å²) in [5.41, 5.74) is 5.68. The first-order chi connectivity index (χ1) is 8.09. The van der Waals surface area contributed by atoms with E-state index in [2.05, 4.69) is 15.9 Å². The number of carbonyl (C=O) groups is 1. The van der Waals surface area contributed by atoms with Gasteiger partial charge in [0.05, 0.1) is 11.0 Å². The fourth-order valence-corrected chi connectivity index (χ4v) is 2.59. The summed E-state index contributed by atoms with van der Waals surface area (Å²) in [6.45, 7) is 0.680. The molecular formula is C11H13BrN2O2S. The molecule has 2 rings (SSSR count). The van der Waals surface area contributed by atoms with E-state index in [1.807, 2.05) is 0 Å². The van der Waals surface area contributed by atoms with Crippen molar-refractivity contribution in [3.8, 4) is 0 Å². The van der Waals surface area contributed by atoms with Gasteiger partial charge in [-0.2, -0.15) is 0 Å². The van der Waals surface area contributed by atoms with Crippen LogP contribution in [0.3, 0.4) is 0 Å². The fraction of sp³-hybridized carbons (Fsp3) is 0.455. The van der Waals surface area contributed by atoms with Crippen LogP contribution in [0.1, 0.15) is 29.8 Å². The normalized spacial score (nSPS) is 20.3. The predicted octanol–water partition coefficient (Wildman–Crippen LogP) is 2.32. The first-order valence-corrected chi connectivity index (χ1v) is 6.65. The quantitative estimate of drug-likeness (QED) is 0.851. The van der Waals surface area contributed by atoms with Crippen molar-refractivity contribution in [1.29, 1.82) is 0 Å². The van der Waals surface area contributed by atoms with Crippen LogP contribution in [-0.4, -0.2) is 28.4 Å². The summed E-state index contributed by atoms with van der Waals surface area (Å²) in [6.07, 6.45) is 2.86. The highest BCUT2D eigenvalue weighted by Gasteiger charge is 2.30. The zero-order chi connectivity index (χ0) is 12.4. The highest BCUT2D eigenvalue weighted by Crippen LogP contribution is 2.22. The van der Waals surface area contributed by atoms with Crippen LogP contribution >= 0.6 is 28.1 Å². The lowest BCUT2D eigenvalue weighted by molar-refractivity contribution is 0.0647. The molecule has 1 aromatic heterocycles. The number of nitrogens with zero attached hydrogens (tertiary/aromatic N) is 1. The monoisotopic (exact) mass is 316 g/mol. The number of rotatable bonds is 2. The third-order valence-corrected chi connectivity index (χ3v) is 3.57. The lowest BCUT2D eigenvalue weighted by atomic mass is 10.0. The highest BCUT2D eigenvalue weighted by atomic mass is 79.9. The second-order valence-corrected chi connectivity index (χ2v) is 5.27. The summed E-state index contributed by atoms with van der Waals surface area (Å²) in [7, 11) is 0. The molecule has 6 heteroatoms. The Bertz CT molecular complexity index is 446. The van der Waals surface area contributed by atoms with Crippen molar-refractivity contribution in [2.75, 3.05) is 6.54 Å². The van der Waals surface area contributed by atoms with Gasteiger partial charge in [0.1, 0.15) is 0 Å². The Morgan fingerprint density at radius 1 is 1.53 bits per heavy atom. The Hall–Kier alpha value is -0.880. The van der Waals surface area contributed by atoms with E-state index >= 15 is 0 Å². The van der Waals surface area contributed by atoms with E-state index in [4.69, 9.17) is 22.4 Å². The summed E-state index contributed by atoms with van der Waals surface area (Å²) >= 11 is 8.19. The molecule has 2 N–H and O–H groups in total. The average Bonchev–Trinajstić information content (AvgIpc) is 2.75. The van der Waals surface area contributed by atoms with Crippen molar-refractivity contribution in [1.82, 2.24) is 4.90 Å². The second-order valence-electron chi connectivity index (χ2n) is 4.02. The van der Waals surface area contributed by atoms with Gasteiger partial charge in [0.25, 0.3) is 5.91 Å². The number of likely N-dealkylation sites (tertiary alicyclic amines) is 1. The van der Waals surface area contributed by atoms with E-state index in [0.29, 0.717) is 22.0 Å². The zero-order valence-corrected chi connectivity index (χ0v) is 11.6. The van der Waals surface area contributed by atoms with E-state index in [-0.39, 0.29) is 11.9 Å². The van der Waals surface area contributed by atoms with Crippen molar-refractivity contribution in [3.05, 3.63) is 22.6 Å². The maximum atomic E-state index is 12.2. The van der Waals surface area contributed by atoms with Crippen LogP contribution in [0.25, 0.3) is 0 Å². The molecule has 1 aromatic rings. The highest BCUT2D eigenvalue weighted by molar-refractivity contribution is 9.10. The zero-order valence-electron chi connectivity index (χ0n) is 9.19. The van der Waals surface area contributed by atoms with Gasteiger partial charge in [0.2, 0.25) is 0 Å². The summed E-state index contributed by atoms with van der Waals surface area (Å²) < 4.78 is 5.81.